The van der Waals surface area contributed by atoms with Gasteiger partial charge in [0, 0.05) is 6.42 Å². The summed E-state index contributed by atoms with van der Waals surface area (Å²) < 4.78 is 23.1. The first-order valence-electron chi connectivity index (χ1n) is 21.7. The lowest BCUT2D eigenvalue weighted by Gasteiger charge is -2.29. The van der Waals surface area contributed by atoms with E-state index in [2.05, 4.69) is 31.3 Å². The van der Waals surface area contributed by atoms with Crippen molar-refractivity contribution in [3.8, 4) is 0 Å². The maximum absolute atomic E-state index is 12.8. The molecule has 9 heteroatoms. The molecule has 0 spiro atoms. The summed E-state index contributed by atoms with van der Waals surface area (Å²) >= 11 is 0. The third-order valence-corrected chi connectivity index (χ3v) is 10.6. The van der Waals surface area contributed by atoms with Crippen LogP contribution in [0.5, 0.6) is 0 Å². The minimum Gasteiger partial charge on any atom is -0.756 e. The van der Waals surface area contributed by atoms with Crippen molar-refractivity contribution in [2.24, 2.45) is 0 Å². The molecule has 0 aromatic rings. The fourth-order valence-electron chi connectivity index (χ4n) is 6.13. The van der Waals surface area contributed by atoms with E-state index in [4.69, 9.17) is 9.05 Å². The van der Waals surface area contributed by atoms with Crippen molar-refractivity contribution in [1.29, 1.82) is 0 Å². The molecule has 0 rings (SSSR count). The summed E-state index contributed by atoms with van der Waals surface area (Å²) in [6.07, 6.45) is 40.8. The second-order valence-corrected chi connectivity index (χ2v) is 17.5. The number of quaternary nitrogens is 1. The largest absolute Gasteiger partial charge is 0.756 e. The topological polar surface area (TPSA) is 108 Å². The second-order valence-electron chi connectivity index (χ2n) is 16.0. The van der Waals surface area contributed by atoms with E-state index in [1.807, 2.05) is 27.2 Å². The number of phosphoric acid groups is 1. The molecular weight excluding hydrogens is 671 g/mol. The lowest BCUT2D eigenvalue weighted by molar-refractivity contribution is -0.870. The minimum atomic E-state index is -4.58. The molecule has 0 bridgehead atoms. The van der Waals surface area contributed by atoms with E-state index in [0.717, 1.165) is 57.8 Å². The van der Waals surface area contributed by atoms with Crippen molar-refractivity contribution in [3.63, 3.8) is 0 Å². The molecule has 52 heavy (non-hydrogen) atoms. The quantitative estimate of drug-likeness (QED) is 0.0280. The summed E-state index contributed by atoms with van der Waals surface area (Å²) in [5, 5.41) is 13.7. The fraction of sp³-hybridized carbons (Fsp3) is 0.884. The first kappa shape index (κ1) is 51.0. The smallest absolute Gasteiger partial charge is 0.268 e. The Morgan fingerprint density at radius 1 is 0.654 bits per heavy atom. The molecule has 0 aliphatic rings. The van der Waals surface area contributed by atoms with Crippen molar-refractivity contribution in [2.75, 3.05) is 40.9 Å². The van der Waals surface area contributed by atoms with Crippen molar-refractivity contribution < 1.29 is 32.9 Å². The van der Waals surface area contributed by atoms with Gasteiger partial charge in [-0.15, -0.1) is 0 Å². The third-order valence-electron chi connectivity index (χ3n) is 9.66. The van der Waals surface area contributed by atoms with Crippen molar-refractivity contribution in [1.82, 2.24) is 5.32 Å². The standard InChI is InChI=1S/C43H85N2O6P/c1-6-8-10-12-14-16-18-19-20-21-22-23-24-25-27-28-30-32-34-36-42(46)41(40-51-52(48,49)50-39-38-45(3,4)5)44-43(47)37-35-33-31-29-26-17-15-13-11-9-7-2/h13,15,34,36,41-42,46H,6-12,14,16-33,35,37-40H2,1-5H3,(H-,44,47,48,49)/b15-13-,36-34+. The lowest BCUT2D eigenvalue weighted by Crippen LogP contribution is -2.45. The Morgan fingerprint density at radius 2 is 1.08 bits per heavy atom. The fourth-order valence-corrected chi connectivity index (χ4v) is 6.86. The number of carbonyl (C=O) groups is 1. The third kappa shape index (κ3) is 37.3. The molecule has 0 aromatic carbocycles. The van der Waals surface area contributed by atoms with Crippen LogP contribution in [0, 0.1) is 0 Å². The molecule has 2 N–H and O–H groups in total. The average molecular weight is 757 g/mol. The van der Waals surface area contributed by atoms with Gasteiger partial charge in [0.2, 0.25) is 5.91 Å². The number of rotatable bonds is 39. The van der Waals surface area contributed by atoms with Crippen molar-refractivity contribution in [3.05, 3.63) is 24.3 Å². The maximum Gasteiger partial charge on any atom is 0.268 e. The van der Waals surface area contributed by atoms with Crippen LogP contribution in [0.25, 0.3) is 0 Å². The van der Waals surface area contributed by atoms with Crippen LogP contribution in [0.1, 0.15) is 194 Å². The number of unbranched alkanes of at least 4 members (excludes halogenated alkanes) is 24. The number of nitrogens with one attached hydrogen (secondary N) is 1. The summed E-state index contributed by atoms with van der Waals surface area (Å²) in [4.78, 5) is 25.2. The van der Waals surface area contributed by atoms with E-state index in [1.165, 1.54) is 116 Å². The molecule has 3 atom stereocenters. The van der Waals surface area contributed by atoms with Gasteiger partial charge >= 0.3 is 0 Å². The molecule has 308 valence electrons. The number of carbonyl (C=O) groups excluding carboxylic acids is 1. The molecule has 3 unspecified atom stereocenters. The van der Waals surface area contributed by atoms with E-state index in [9.17, 15) is 19.4 Å². The molecular formula is C43H85N2O6P. The number of nitrogens with zero attached hydrogens (tertiary/aromatic N) is 1. The number of aliphatic hydroxyl groups excluding tert-OH is 1. The van der Waals surface area contributed by atoms with Gasteiger partial charge in [-0.25, -0.2) is 0 Å². The van der Waals surface area contributed by atoms with Crippen LogP contribution >= 0.6 is 7.82 Å². The van der Waals surface area contributed by atoms with Gasteiger partial charge in [-0.2, -0.15) is 0 Å². The van der Waals surface area contributed by atoms with Crippen LogP contribution in [0.2, 0.25) is 0 Å². The number of phosphoric ester groups is 1. The Labute approximate surface area is 322 Å². The lowest BCUT2D eigenvalue weighted by atomic mass is 10.0. The molecule has 0 heterocycles. The number of hydrogen-bond donors (Lipinski definition) is 2. The first-order chi connectivity index (χ1) is 25.0. The highest BCUT2D eigenvalue weighted by atomic mass is 31.2. The van der Waals surface area contributed by atoms with Gasteiger partial charge in [0.1, 0.15) is 13.2 Å². The van der Waals surface area contributed by atoms with Crippen molar-refractivity contribution in [2.45, 2.75) is 206 Å². The van der Waals surface area contributed by atoms with Crippen LogP contribution in [0.15, 0.2) is 24.3 Å². The van der Waals surface area contributed by atoms with Gasteiger partial charge < -0.3 is 28.8 Å². The zero-order chi connectivity index (χ0) is 38.6. The highest BCUT2D eigenvalue weighted by molar-refractivity contribution is 7.45. The maximum atomic E-state index is 12.8. The number of likely N-dealkylation sites (N-methyl/N-ethyl adjacent to an activating group) is 1. The highest BCUT2D eigenvalue weighted by Crippen LogP contribution is 2.38. The number of amides is 1. The Balaban J connectivity index is 4.40. The molecule has 0 aromatic heterocycles. The molecule has 8 nitrogen and oxygen atoms in total. The van der Waals surface area contributed by atoms with Gasteiger partial charge in [-0.05, 0) is 38.5 Å². The Bertz CT molecular complexity index is 907. The highest BCUT2D eigenvalue weighted by Gasteiger charge is 2.23. The minimum absolute atomic E-state index is 0.00172. The SMILES string of the molecule is CCCC/C=C\CCCCCCCC(=O)NC(COP(=O)([O-])OCC[N+](C)(C)C)C(O)/C=C/CCCCCCCCCCCCCCCCCCC. The Kier molecular flexibility index (Phi) is 35.0. The summed E-state index contributed by atoms with van der Waals surface area (Å²) in [5.74, 6) is -0.209. The average Bonchev–Trinajstić information content (AvgIpc) is 3.09. The summed E-state index contributed by atoms with van der Waals surface area (Å²) in [5.41, 5.74) is 0. The second kappa shape index (κ2) is 35.7. The zero-order valence-corrected chi connectivity index (χ0v) is 35.7. The predicted molar refractivity (Wildman–Crippen MR) is 219 cm³/mol. The molecule has 0 aliphatic carbocycles. The number of hydrogen-bond acceptors (Lipinski definition) is 6. The van der Waals surface area contributed by atoms with Crippen molar-refractivity contribution >= 4 is 13.7 Å². The molecule has 0 fully saturated rings. The molecule has 0 saturated carbocycles. The Hall–Kier alpha value is -1.02. The first-order valence-corrected chi connectivity index (χ1v) is 23.2. The summed E-state index contributed by atoms with van der Waals surface area (Å²) in [6.45, 7) is 4.60. The van der Waals surface area contributed by atoms with Gasteiger partial charge in [-0.3, -0.25) is 9.36 Å². The number of aliphatic hydroxyl groups is 1. The summed E-state index contributed by atoms with van der Waals surface area (Å²) in [7, 11) is 1.26. The Morgan fingerprint density at radius 3 is 1.56 bits per heavy atom. The van der Waals surface area contributed by atoms with Gasteiger partial charge in [-0.1, -0.05) is 173 Å². The predicted octanol–water partition coefficient (Wildman–Crippen LogP) is 11.1. The van der Waals surface area contributed by atoms with E-state index in [1.54, 1.807) is 6.08 Å². The van der Waals surface area contributed by atoms with Crippen LogP contribution in [0.4, 0.5) is 0 Å². The van der Waals surface area contributed by atoms with Gasteiger partial charge in [0.05, 0.1) is 39.9 Å². The van der Waals surface area contributed by atoms with E-state index >= 15 is 0 Å². The molecule has 0 aliphatic heterocycles. The van der Waals surface area contributed by atoms with E-state index in [0.29, 0.717) is 17.4 Å². The normalized spacial score (nSPS) is 14.7. The van der Waals surface area contributed by atoms with Gasteiger partial charge in [0.15, 0.2) is 0 Å². The molecule has 0 radical (unpaired) electrons. The van der Waals surface area contributed by atoms with Gasteiger partial charge in [0.25, 0.3) is 7.82 Å². The summed E-state index contributed by atoms with van der Waals surface area (Å²) in [6, 6.07) is -0.886. The van der Waals surface area contributed by atoms with E-state index < -0.39 is 20.0 Å². The van der Waals surface area contributed by atoms with Crippen LogP contribution < -0.4 is 10.2 Å². The van der Waals surface area contributed by atoms with E-state index in [-0.39, 0.29) is 19.1 Å². The monoisotopic (exact) mass is 757 g/mol. The van der Waals surface area contributed by atoms with Crippen LogP contribution in [0.3, 0.4) is 0 Å². The van der Waals surface area contributed by atoms with Crippen LogP contribution in [-0.4, -0.2) is 68.5 Å². The zero-order valence-electron chi connectivity index (χ0n) is 34.8. The van der Waals surface area contributed by atoms with Crippen LogP contribution in [-0.2, 0) is 18.4 Å². The molecule has 0 saturated heterocycles. The number of allylic oxidation sites excluding steroid dienone is 3. The molecule has 1 amide bonds.